The molecule has 0 aromatic rings. The molecule has 0 amide bonds. The van der Waals surface area contributed by atoms with E-state index in [1.54, 1.807) is 12.2 Å². The zero-order valence-electron chi connectivity index (χ0n) is 31.2. The Morgan fingerprint density at radius 3 is 1.98 bits per heavy atom. The van der Waals surface area contributed by atoms with Crippen LogP contribution in [0.1, 0.15) is 149 Å². The molecule has 0 saturated heterocycles. The third-order valence-corrected chi connectivity index (χ3v) is 8.78. The number of allylic oxidation sites excluding steroid dienone is 7. The molecule has 0 heterocycles. The van der Waals surface area contributed by atoms with Gasteiger partial charge in [0.15, 0.2) is 6.10 Å². The Labute approximate surface area is 303 Å². The number of esters is 2. The van der Waals surface area contributed by atoms with Crippen LogP contribution in [0.15, 0.2) is 48.6 Å². The number of nitrogens with two attached hydrogens (primary N) is 1. The minimum absolute atomic E-state index is 0.00355. The minimum Gasteiger partial charge on any atom is -0.462 e. The lowest BCUT2D eigenvalue weighted by atomic mass is 10.1. The first-order valence-corrected chi connectivity index (χ1v) is 20.7. The van der Waals surface area contributed by atoms with E-state index in [0.29, 0.717) is 19.3 Å². The first kappa shape index (κ1) is 47.9. The molecule has 0 aromatic carbocycles. The first-order valence-electron chi connectivity index (χ1n) is 19.2. The van der Waals surface area contributed by atoms with Crippen molar-refractivity contribution < 1.29 is 42.7 Å². The van der Waals surface area contributed by atoms with Crippen LogP contribution in [0.25, 0.3) is 0 Å². The van der Waals surface area contributed by atoms with E-state index in [2.05, 4.69) is 38.2 Å². The number of hydrogen-bond donors (Lipinski definition) is 3. The lowest BCUT2D eigenvalue weighted by Gasteiger charge is -2.20. The average molecular weight is 728 g/mol. The van der Waals surface area contributed by atoms with Crippen molar-refractivity contribution in [3.8, 4) is 0 Å². The lowest BCUT2D eigenvalue weighted by Crippen LogP contribution is -2.29. The number of carbonyl (C=O) groups is 2. The van der Waals surface area contributed by atoms with Gasteiger partial charge in [0.05, 0.1) is 19.3 Å². The number of carbonyl (C=O) groups excluding carboxylic acids is 2. The molecule has 0 aliphatic heterocycles. The van der Waals surface area contributed by atoms with Crippen LogP contribution in [0, 0.1) is 0 Å². The molecule has 3 atom stereocenters. The van der Waals surface area contributed by atoms with Gasteiger partial charge in [-0.1, -0.05) is 127 Å². The maximum atomic E-state index is 12.5. The number of hydrogen-bond acceptors (Lipinski definition) is 9. The summed E-state index contributed by atoms with van der Waals surface area (Å²) in [5.41, 5.74) is 5.31. The number of unbranched alkanes of at least 4 members (excludes halogenated alkanes) is 13. The largest absolute Gasteiger partial charge is 0.472 e. The molecule has 0 aliphatic carbocycles. The van der Waals surface area contributed by atoms with E-state index in [1.807, 2.05) is 12.2 Å². The molecule has 0 bridgehead atoms. The molecule has 4 N–H and O–H groups in total. The van der Waals surface area contributed by atoms with Crippen LogP contribution in [-0.2, 0) is 32.7 Å². The minimum atomic E-state index is -4.42. The molecule has 0 aliphatic rings. The monoisotopic (exact) mass is 727 g/mol. The summed E-state index contributed by atoms with van der Waals surface area (Å²) in [6.07, 6.45) is 34.7. The van der Waals surface area contributed by atoms with E-state index in [0.717, 1.165) is 51.4 Å². The van der Waals surface area contributed by atoms with Gasteiger partial charge in [0.2, 0.25) is 0 Å². The van der Waals surface area contributed by atoms with Gasteiger partial charge in [-0.05, 0) is 57.8 Å². The summed E-state index contributed by atoms with van der Waals surface area (Å²) >= 11 is 0. The van der Waals surface area contributed by atoms with Gasteiger partial charge in [-0.15, -0.1) is 0 Å². The molecule has 11 heteroatoms. The highest BCUT2D eigenvalue weighted by molar-refractivity contribution is 7.47. The van der Waals surface area contributed by atoms with Crippen molar-refractivity contribution in [1.29, 1.82) is 0 Å². The Balaban J connectivity index is 4.45. The molecule has 0 aromatic heterocycles. The first-order chi connectivity index (χ1) is 24.2. The maximum Gasteiger partial charge on any atom is 0.472 e. The third-order valence-electron chi connectivity index (χ3n) is 7.79. The van der Waals surface area contributed by atoms with Gasteiger partial charge in [0.25, 0.3) is 0 Å². The van der Waals surface area contributed by atoms with Crippen LogP contribution in [0.3, 0.4) is 0 Å². The number of aliphatic hydroxyl groups excluding tert-OH is 1. The predicted molar refractivity (Wildman–Crippen MR) is 202 cm³/mol. The molecule has 0 spiro atoms. The Morgan fingerprint density at radius 1 is 0.700 bits per heavy atom. The van der Waals surface area contributed by atoms with Gasteiger partial charge in [-0.2, -0.15) is 0 Å². The molecule has 0 radical (unpaired) electrons. The fraction of sp³-hybridized carbons (Fsp3) is 0.744. The van der Waals surface area contributed by atoms with Crippen molar-refractivity contribution in [2.75, 3.05) is 26.4 Å². The summed E-state index contributed by atoms with van der Waals surface area (Å²) in [5, 5.41) is 10.2. The van der Waals surface area contributed by atoms with Crippen molar-refractivity contribution >= 4 is 19.8 Å². The van der Waals surface area contributed by atoms with Crippen molar-refractivity contribution in [3.05, 3.63) is 48.6 Å². The van der Waals surface area contributed by atoms with Crippen LogP contribution in [0.2, 0.25) is 0 Å². The van der Waals surface area contributed by atoms with Crippen molar-refractivity contribution in [1.82, 2.24) is 0 Å². The van der Waals surface area contributed by atoms with E-state index in [-0.39, 0.29) is 32.6 Å². The zero-order valence-corrected chi connectivity index (χ0v) is 32.1. The number of rotatable bonds is 35. The van der Waals surface area contributed by atoms with Gasteiger partial charge < -0.3 is 25.2 Å². The highest BCUT2D eigenvalue weighted by Crippen LogP contribution is 2.43. The van der Waals surface area contributed by atoms with Crippen molar-refractivity contribution in [2.45, 2.75) is 161 Å². The second-order valence-electron chi connectivity index (χ2n) is 12.6. The van der Waals surface area contributed by atoms with E-state index in [1.165, 1.54) is 51.4 Å². The molecule has 2 unspecified atom stereocenters. The fourth-order valence-electron chi connectivity index (χ4n) is 4.86. The molecule has 290 valence electrons. The van der Waals surface area contributed by atoms with Crippen molar-refractivity contribution in [3.63, 3.8) is 0 Å². The molecule has 50 heavy (non-hydrogen) atoms. The summed E-state index contributed by atoms with van der Waals surface area (Å²) < 4.78 is 32.5. The quantitative estimate of drug-likeness (QED) is 0.0189. The second kappa shape index (κ2) is 35.3. The van der Waals surface area contributed by atoms with Crippen LogP contribution in [0.4, 0.5) is 0 Å². The molecule has 0 fully saturated rings. The average Bonchev–Trinajstić information content (AvgIpc) is 3.09. The summed E-state index contributed by atoms with van der Waals surface area (Å²) in [5.74, 6) is -1.04. The molecule has 0 rings (SSSR count). The predicted octanol–water partition coefficient (Wildman–Crippen LogP) is 9.35. The third kappa shape index (κ3) is 34.4. The molecular formula is C39H70NO9P. The fourth-order valence-corrected chi connectivity index (χ4v) is 5.62. The Hall–Kier alpha value is -2.07. The van der Waals surface area contributed by atoms with Crippen LogP contribution < -0.4 is 5.73 Å². The normalized spacial score (nSPS) is 14.6. The standard InChI is InChI=1S/C39H70NO9P/c1-3-5-7-9-11-13-15-16-18-19-21-23-25-28-36(41)29-27-31-39(43)49-37(35-48-50(44,45)47-33-32-40)34-46-38(42)30-26-24-22-20-17-14-12-10-8-6-4-2/h10,12,16,18,21,23,25,28,36-37,41H,3-9,11,13-15,17,19-20,22,24,26-27,29-35,40H2,1-2H3,(H,44,45)/b12-10-,18-16+,23-21+,28-25+/t36?,37-/m1/s1. The van der Waals surface area contributed by atoms with Crippen LogP contribution >= 0.6 is 7.82 Å². The number of ether oxygens (including phenoxy) is 2. The smallest absolute Gasteiger partial charge is 0.462 e. The summed E-state index contributed by atoms with van der Waals surface area (Å²) in [4.78, 5) is 34.7. The van der Waals surface area contributed by atoms with E-state index < -0.39 is 38.6 Å². The van der Waals surface area contributed by atoms with Gasteiger partial charge in [-0.3, -0.25) is 18.6 Å². The summed E-state index contributed by atoms with van der Waals surface area (Å²) in [7, 11) is -4.42. The van der Waals surface area contributed by atoms with E-state index >= 15 is 0 Å². The topological polar surface area (TPSA) is 155 Å². The molecular weight excluding hydrogens is 657 g/mol. The Bertz CT molecular complexity index is 983. The van der Waals surface area contributed by atoms with Crippen LogP contribution in [0.5, 0.6) is 0 Å². The number of phosphoric acid groups is 1. The summed E-state index contributed by atoms with van der Waals surface area (Å²) in [6.45, 7) is 3.43. The van der Waals surface area contributed by atoms with E-state index in [9.17, 15) is 24.2 Å². The number of aliphatic hydroxyl groups is 1. The highest BCUT2D eigenvalue weighted by Gasteiger charge is 2.26. The van der Waals surface area contributed by atoms with Gasteiger partial charge in [0, 0.05) is 19.4 Å². The second-order valence-corrected chi connectivity index (χ2v) is 14.1. The molecule has 0 saturated carbocycles. The lowest BCUT2D eigenvalue weighted by molar-refractivity contribution is -0.161. The van der Waals surface area contributed by atoms with Gasteiger partial charge >= 0.3 is 19.8 Å². The zero-order chi connectivity index (χ0) is 37.0. The van der Waals surface area contributed by atoms with E-state index in [4.69, 9.17) is 24.3 Å². The van der Waals surface area contributed by atoms with Crippen molar-refractivity contribution in [2.24, 2.45) is 5.73 Å². The SMILES string of the molecule is CCCC/C=C\CCCCCCCC(=O)OC[C@H](COP(=O)(O)OCCN)OC(=O)CCCC(O)/C=C/C=C/C/C=C/CCCCCCCC. The number of phosphoric ester groups is 1. The molecule has 10 nitrogen and oxygen atoms in total. The Morgan fingerprint density at radius 2 is 1.30 bits per heavy atom. The van der Waals surface area contributed by atoms with Gasteiger partial charge in [-0.25, -0.2) is 4.57 Å². The highest BCUT2D eigenvalue weighted by atomic mass is 31.2. The van der Waals surface area contributed by atoms with Gasteiger partial charge in [0.1, 0.15) is 6.61 Å². The maximum absolute atomic E-state index is 12.5. The van der Waals surface area contributed by atoms with Crippen LogP contribution in [-0.4, -0.2) is 60.5 Å². The Kier molecular flexibility index (Phi) is 33.9. The summed E-state index contributed by atoms with van der Waals surface area (Å²) in [6, 6.07) is 0.